The van der Waals surface area contributed by atoms with Gasteiger partial charge in [-0.25, -0.2) is 8.42 Å². The molecule has 0 spiro atoms. The van der Waals surface area contributed by atoms with Crippen molar-refractivity contribution in [1.82, 2.24) is 5.32 Å². The molecule has 2 aromatic rings. The fraction of sp³-hybridized carbons (Fsp3) is 0.409. The summed E-state index contributed by atoms with van der Waals surface area (Å²) < 4.78 is 36.5. The third kappa shape index (κ3) is 5.85. The molecule has 8 nitrogen and oxygen atoms in total. The second-order valence-electron chi connectivity index (χ2n) is 7.54. The van der Waals surface area contributed by atoms with Gasteiger partial charge in [0.2, 0.25) is 15.9 Å². The molecule has 1 atom stereocenters. The molecule has 0 saturated carbocycles. The molecule has 174 valence electrons. The molecule has 1 aliphatic heterocycles. The van der Waals surface area contributed by atoms with Gasteiger partial charge in [0, 0.05) is 25.3 Å². The van der Waals surface area contributed by atoms with Crippen LogP contribution in [0.5, 0.6) is 5.75 Å². The number of nitrogens with zero attached hydrogens (tertiary/aromatic N) is 2. The highest BCUT2D eigenvalue weighted by Crippen LogP contribution is 2.31. The van der Waals surface area contributed by atoms with E-state index in [2.05, 4.69) is 10.2 Å². The zero-order valence-electron chi connectivity index (χ0n) is 18.4. The molecule has 32 heavy (non-hydrogen) atoms. The Hall–Kier alpha value is -2.49. The van der Waals surface area contributed by atoms with Crippen molar-refractivity contribution in [2.45, 2.75) is 19.5 Å². The van der Waals surface area contributed by atoms with Gasteiger partial charge >= 0.3 is 0 Å². The summed E-state index contributed by atoms with van der Waals surface area (Å²) in [6, 6.07) is 11.5. The lowest BCUT2D eigenvalue weighted by Gasteiger charge is -2.29. The third-order valence-electron chi connectivity index (χ3n) is 5.26. The lowest BCUT2D eigenvalue weighted by molar-refractivity contribution is -0.122. The van der Waals surface area contributed by atoms with Gasteiger partial charge in [-0.15, -0.1) is 0 Å². The summed E-state index contributed by atoms with van der Waals surface area (Å²) in [5.74, 6) is 0.00104. The highest BCUT2D eigenvalue weighted by atomic mass is 35.5. The van der Waals surface area contributed by atoms with Gasteiger partial charge in [0.25, 0.3) is 0 Å². The molecular weight excluding hydrogens is 454 g/mol. The smallest absolute Gasteiger partial charge is 0.243 e. The number of sulfonamides is 1. The average molecular weight is 482 g/mol. The summed E-state index contributed by atoms with van der Waals surface area (Å²) in [4.78, 5) is 15.1. The van der Waals surface area contributed by atoms with Crippen molar-refractivity contribution >= 4 is 38.9 Å². The predicted molar refractivity (Wildman–Crippen MR) is 126 cm³/mol. The van der Waals surface area contributed by atoms with Crippen LogP contribution in [-0.4, -0.2) is 60.0 Å². The van der Waals surface area contributed by atoms with Crippen molar-refractivity contribution in [3.8, 4) is 5.75 Å². The van der Waals surface area contributed by atoms with E-state index in [0.717, 1.165) is 34.9 Å². The Morgan fingerprint density at radius 3 is 2.44 bits per heavy atom. The van der Waals surface area contributed by atoms with E-state index in [1.165, 1.54) is 20.1 Å². The number of halogens is 1. The topological polar surface area (TPSA) is 88.2 Å². The van der Waals surface area contributed by atoms with Gasteiger partial charge in [0.1, 0.15) is 11.8 Å². The van der Waals surface area contributed by atoms with Crippen LogP contribution in [0, 0.1) is 0 Å². The van der Waals surface area contributed by atoms with Crippen molar-refractivity contribution < 1.29 is 22.7 Å². The second kappa shape index (κ2) is 10.4. The summed E-state index contributed by atoms with van der Waals surface area (Å²) in [5, 5.41) is 3.08. The number of nitrogens with one attached hydrogen (secondary N) is 1. The lowest BCUT2D eigenvalue weighted by atomic mass is 10.1. The highest BCUT2D eigenvalue weighted by molar-refractivity contribution is 7.92. The van der Waals surface area contributed by atoms with Crippen LogP contribution in [0.4, 0.5) is 11.4 Å². The Kier molecular flexibility index (Phi) is 7.86. The summed E-state index contributed by atoms with van der Waals surface area (Å²) in [6.45, 7) is 4.95. The van der Waals surface area contributed by atoms with E-state index in [-0.39, 0.29) is 17.3 Å². The van der Waals surface area contributed by atoms with Crippen LogP contribution in [-0.2, 0) is 26.1 Å². The standard InChI is InChI=1S/C22H28ClN3O5S/c1-16(26(32(3,28)29)19-8-9-21(30-2)20(23)14-19)22(27)24-15-17-4-6-18(7-5-17)25-10-12-31-13-11-25/h4-9,14,16H,10-13,15H2,1-3H3,(H,24,27)/t16-/m1/s1. The number of carbonyl (C=O) groups is 1. The number of rotatable bonds is 8. The molecule has 1 heterocycles. The largest absolute Gasteiger partial charge is 0.495 e. The van der Waals surface area contributed by atoms with E-state index >= 15 is 0 Å². The monoisotopic (exact) mass is 481 g/mol. The maximum Gasteiger partial charge on any atom is 0.243 e. The zero-order valence-corrected chi connectivity index (χ0v) is 19.9. The Labute approximate surface area is 194 Å². The number of methoxy groups -OCH3 is 1. The van der Waals surface area contributed by atoms with Crippen LogP contribution in [0.2, 0.25) is 5.02 Å². The van der Waals surface area contributed by atoms with Crippen molar-refractivity contribution in [3.05, 3.63) is 53.1 Å². The molecule has 1 amide bonds. The number of hydrogen-bond donors (Lipinski definition) is 1. The van der Waals surface area contributed by atoms with Crippen molar-refractivity contribution in [2.75, 3.05) is 48.9 Å². The van der Waals surface area contributed by atoms with Crippen LogP contribution in [0.3, 0.4) is 0 Å². The molecule has 1 fully saturated rings. The van der Waals surface area contributed by atoms with Crippen LogP contribution in [0.15, 0.2) is 42.5 Å². The summed E-state index contributed by atoms with van der Waals surface area (Å²) in [6.07, 6.45) is 1.05. The molecule has 0 aliphatic carbocycles. The van der Waals surface area contributed by atoms with Crippen LogP contribution >= 0.6 is 11.6 Å². The minimum atomic E-state index is -3.74. The number of ether oxygens (including phenoxy) is 2. The van der Waals surface area contributed by atoms with E-state index < -0.39 is 22.0 Å². The van der Waals surface area contributed by atoms with Gasteiger partial charge in [0.05, 0.1) is 37.3 Å². The Morgan fingerprint density at radius 2 is 1.88 bits per heavy atom. The molecule has 0 bridgehead atoms. The number of amides is 1. The van der Waals surface area contributed by atoms with Gasteiger partial charge in [-0.3, -0.25) is 9.10 Å². The first kappa shape index (κ1) is 24.2. The highest BCUT2D eigenvalue weighted by Gasteiger charge is 2.29. The van der Waals surface area contributed by atoms with Crippen molar-refractivity contribution in [1.29, 1.82) is 0 Å². The van der Waals surface area contributed by atoms with Crippen molar-refractivity contribution in [3.63, 3.8) is 0 Å². The van der Waals surface area contributed by atoms with Crippen LogP contribution in [0.25, 0.3) is 0 Å². The number of hydrogen-bond acceptors (Lipinski definition) is 6. The fourth-order valence-corrected chi connectivity index (χ4v) is 5.00. The maximum absolute atomic E-state index is 12.8. The average Bonchev–Trinajstić information content (AvgIpc) is 2.77. The molecule has 10 heteroatoms. The fourth-order valence-electron chi connectivity index (χ4n) is 3.58. The Morgan fingerprint density at radius 1 is 1.22 bits per heavy atom. The lowest BCUT2D eigenvalue weighted by Crippen LogP contribution is -2.47. The predicted octanol–water partition coefficient (Wildman–Crippen LogP) is 2.66. The quantitative estimate of drug-likeness (QED) is 0.623. The van der Waals surface area contributed by atoms with Crippen molar-refractivity contribution in [2.24, 2.45) is 0 Å². The summed E-state index contributed by atoms with van der Waals surface area (Å²) in [5.41, 5.74) is 2.31. The van der Waals surface area contributed by atoms with Gasteiger partial charge in [-0.05, 0) is 42.8 Å². The first-order chi connectivity index (χ1) is 15.2. The summed E-state index contributed by atoms with van der Waals surface area (Å²) in [7, 11) is -2.27. The van der Waals surface area contributed by atoms with E-state index in [9.17, 15) is 13.2 Å². The normalized spacial score (nSPS) is 15.2. The molecule has 3 rings (SSSR count). The number of morpholine rings is 1. The number of anilines is 2. The van der Waals surface area contributed by atoms with E-state index in [0.29, 0.717) is 19.0 Å². The minimum absolute atomic E-state index is 0.256. The SMILES string of the molecule is COc1ccc(N([C@H](C)C(=O)NCc2ccc(N3CCOCC3)cc2)S(C)(=O)=O)cc1Cl. The van der Waals surface area contributed by atoms with Gasteiger partial charge in [-0.1, -0.05) is 23.7 Å². The second-order valence-corrected chi connectivity index (χ2v) is 9.80. The molecule has 0 unspecified atom stereocenters. The van der Waals surface area contributed by atoms with Gasteiger partial charge in [-0.2, -0.15) is 0 Å². The molecule has 1 aliphatic rings. The van der Waals surface area contributed by atoms with E-state index in [1.54, 1.807) is 12.1 Å². The molecule has 1 N–H and O–H groups in total. The zero-order chi connectivity index (χ0) is 23.3. The molecule has 1 saturated heterocycles. The van der Waals surface area contributed by atoms with E-state index in [1.807, 2.05) is 24.3 Å². The molecule has 0 aromatic heterocycles. The summed E-state index contributed by atoms with van der Waals surface area (Å²) >= 11 is 6.16. The Balaban J connectivity index is 1.68. The number of carbonyl (C=O) groups excluding carboxylic acids is 1. The first-order valence-corrected chi connectivity index (χ1v) is 12.5. The van der Waals surface area contributed by atoms with Crippen LogP contribution in [0.1, 0.15) is 12.5 Å². The van der Waals surface area contributed by atoms with Gasteiger partial charge < -0.3 is 19.7 Å². The Bertz CT molecular complexity index is 1040. The molecule has 0 radical (unpaired) electrons. The first-order valence-electron chi connectivity index (χ1n) is 10.2. The van der Waals surface area contributed by atoms with Crippen LogP contribution < -0.4 is 19.3 Å². The molecular formula is C22H28ClN3O5S. The van der Waals surface area contributed by atoms with E-state index in [4.69, 9.17) is 21.1 Å². The molecule has 2 aromatic carbocycles. The number of benzene rings is 2. The minimum Gasteiger partial charge on any atom is -0.495 e. The third-order valence-corrected chi connectivity index (χ3v) is 6.79. The van der Waals surface area contributed by atoms with Gasteiger partial charge in [0.15, 0.2) is 0 Å². The maximum atomic E-state index is 12.8.